The molecule has 0 aliphatic rings. The first-order valence-corrected chi connectivity index (χ1v) is 8.29. The Morgan fingerprint density at radius 1 is 1.15 bits per heavy atom. The van der Waals surface area contributed by atoms with Crippen LogP contribution in [0.15, 0.2) is 53.5 Å². The highest BCUT2D eigenvalue weighted by Gasteiger charge is 2.30. The van der Waals surface area contributed by atoms with Gasteiger partial charge in [-0.2, -0.15) is 13.2 Å². The first-order chi connectivity index (χ1) is 12.3. The Labute approximate surface area is 150 Å². The summed E-state index contributed by atoms with van der Waals surface area (Å²) in [6, 6.07) is 11.6. The molecular formula is C19H22F3N3O. The van der Waals surface area contributed by atoms with E-state index in [-0.39, 0.29) is 11.8 Å². The van der Waals surface area contributed by atoms with Crippen molar-refractivity contribution < 1.29 is 18.3 Å². The second-order valence-electron chi connectivity index (χ2n) is 5.85. The summed E-state index contributed by atoms with van der Waals surface area (Å²) in [6.45, 7) is 4.62. The third kappa shape index (κ3) is 5.68. The van der Waals surface area contributed by atoms with Gasteiger partial charge < -0.3 is 15.7 Å². The number of alkyl halides is 3. The van der Waals surface area contributed by atoms with Crippen molar-refractivity contribution in [2.75, 3.05) is 6.54 Å². The number of phenolic OH excluding ortho intramolecular Hbond substituents is 1. The zero-order chi connectivity index (χ0) is 19.2. The summed E-state index contributed by atoms with van der Waals surface area (Å²) >= 11 is 0. The zero-order valence-electron chi connectivity index (χ0n) is 14.6. The first-order valence-electron chi connectivity index (χ1n) is 8.29. The van der Waals surface area contributed by atoms with Gasteiger partial charge in [0.2, 0.25) is 0 Å². The first kappa shape index (κ1) is 19.6. The van der Waals surface area contributed by atoms with Gasteiger partial charge in [-0.3, -0.25) is 0 Å². The van der Waals surface area contributed by atoms with Gasteiger partial charge in [-0.1, -0.05) is 24.3 Å². The number of nitrogens with one attached hydrogen (secondary N) is 2. The predicted octanol–water partition coefficient (Wildman–Crippen LogP) is 4.23. The molecule has 2 rings (SSSR count). The van der Waals surface area contributed by atoms with Crippen LogP contribution >= 0.6 is 0 Å². The molecule has 7 heteroatoms. The highest BCUT2D eigenvalue weighted by atomic mass is 19.4. The molecule has 0 radical (unpaired) electrons. The average Bonchev–Trinajstić information content (AvgIpc) is 2.59. The second-order valence-corrected chi connectivity index (χ2v) is 5.85. The number of aliphatic imine (C=N–C) groups is 1. The molecule has 26 heavy (non-hydrogen) atoms. The number of rotatable bonds is 5. The van der Waals surface area contributed by atoms with Gasteiger partial charge in [-0.05, 0) is 49.2 Å². The number of guanidine groups is 1. The fraction of sp³-hybridized carbons (Fsp3) is 0.316. The molecule has 0 aromatic heterocycles. The fourth-order valence-electron chi connectivity index (χ4n) is 2.42. The van der Waals surface area contributed by atoms with Crippen molar-refractivity contribution in [2.45, 2.75) is 32.6 Å². The summed E-state index contributed by atoms with van der Waals surface area (Å²) in [4.78, 5) is 4.42. The summed E-state index contributed by atoms with van der Waals surface area (Å²) in [5.41, 5.74) is 0.669. The summed E-state index contributed by atoms with van der Waals surface area (Å²) < 4.78 is 38.6. The van der Waals surface area contributed by atoms with E-state index >= 15 is 0 Å². The van der Waals surface area contributed by atoms with Crippen molar-refractivity contribution in [1.29, 1.82) is 0 Å². The predicted molar refractivity (Wildman–Crippen MR) is 95.9 cm³/mol. The van der Waals surface area contributed by atoms with Crippen molar-refractivity contribution in [2.24, 2.45) is 4.99 Å². The Morgan fingerprint density at radius 3 is 2.54 bits per heavy atom. The van der Waals surface area contributed by atoms with Gasteiger partial charge in [-0.25, -0.2) is 4.99 Å². The molecule has 0 saturated carbocycles. The van der Waals surface area contributed by atoms with Gasteiger partial charge in [0.15, 0.2) is 5.96 Å². The second kappa shape index (κ2) is 8.60. The van der Waals surface area contributed by atoms with Crippen LogP contribution in [0.25, 0.3) is 0 Å². The molecule has 0 saturated heterocycles. The molecule has 2 aromatic carbocycles. The van der Waals surface area contributed by atoms with Crippen LogP contribution in [0.3, 0.4) is 0 Å². The van der Waals surface area contributed by atoms with Crippen molar-refractivity contribution >= 4 is 5.96 Å². The maximum absolute atomic E-state index is 12.9. The molecule has 0 spiro atoms. The Hall–Kier alpha value is -2.70. The smallest absolute Gasteiger partial charge is 0.416 e. The van der Waals surface area contributed by atoms with Crippen LogP contribution in [0.4, 0.5) is 13.2 Å². The lowest BCUT2D eigenvalue weighted by Crippen LogP contribution is -2.38. The Bertz CT molecular complexity index is 760. The van der Waals surface area contributed by atoms with Crippen molar-refractivity contribution in [1.82, 2.24) is 10.6 Å². The van der Waals surface area contributed by atoms with E-state index in [9.17, 15) is 18.3 Å². The molecular weight excluding hydrogens is 343 g/mol. The Kier molecular flexibility index (Phi) is 6.49. The summed E-state index contributed by atoms with van der Waals surface area (Å²) in [6.07, 6.45) is -4.37. The third-order valence-corrected chi connectivity index (χ3v) is 3.74. The van der Waals surface area contributed by atoms with E-state index in [0.717, 1.165) is 17.7 Å². The van der Waals surface area contributed by atoms with Crippen LogP contribution in [-0.4, -0.2) is 17.6 Å². The van der Waals surface area contributed by atoms with E-state index < -0.39 is 11.7 Å². The molecule has 4 nitrogen and oxygen atoms in total. The highest BCUT2D eigenvalue weighted by molar-refractivity contribution is 5.80. The molecule has 3 N–H and O–H groups in total. The minimum absolute atomic E-state index is 0.160. The number of phenols is 1. The molecule has 0 bridgehead atoms. The topological polar surface area (TPSA) is 56.7 Å². The lowest BCUT2D eigenvalue weighted by molar-refractivity contribution is -0.137. The molecule has 0 amide bonds. The van der Waals surface area contributed by atoms with Crippen molar-refractivity contribution in [3.63, 3.8) is 0 Å². The van der Waals surface area contributed by atoms with Crippen LogP contribution in [-0.2, 0) is 12.7 Å². The summed E-state index contributed by atoms with van der Waals surface area (Å²) in [5, 5.41) is 15.7. The van der Waals surface area contributed by atoms with Gasteiger partial charge in [0.1, 0.15) is 5.75 Å². The standard InChI is InChI=1S/C19H22F3N3O/c1-3-23-18(24-12-14-6-4-9-17(26)10-14)25-13(2)15-7-5-8-16(11-15)19(20,21)22/h4-11,13,26H,3,12H2,1-2H3,(H2,23,24,25). The zero-order valence-corrected chi connectivity index (χ0v) is 14.6. The highest BCUT2D eigenvalue weighted by Crippen LogP contribution is 2.30. The molecule has 1 unspecified atom stereocenters. The lowest BCUT2D eigenvalue weighted by Gasteiger charge is -2.19. The SMILES string of the molecule is CCNC(=NCc1cccc(O)c1)NC(C)c1cccc(C(F)(F)F)c1. The Balaban J connectivity index is 2.12. The van der Waals surface area contributed by atoms with Gasteiger partial charge in [0.25, 0.3) is 0 Å². The van der Waals surface area contributed by atoms with Crippen LogP contribution in [0.5, 0.6) is 5.75 Å². The Morgan fingerprint density at radius 2 is 1.88 bits per heavy atom. The number of hydrogen-bond donors (Lipinski definition) is 3. The third-order valence-electron chi connectivity index (χ3n) is 3.74. The summed E-state index contributed by atoms with van der Waals surface area (Å²) in [7, 11) is 0. The summed E-state index contributed by atoms with van der Waals surface area (Å²) in [5.74, 6) is 0.647. The number of nitrogens with zero attached hydrogens (tertiary/aromatic N) is 1. The quantitative estimate of drug-likeness (QED) is 0.549. The fourth-order valence-corrected chi connectivity index (χ4v) is 2.42. The van der Waals surface area contributed by atoms with E-state index in [1.165, 1.54) is 6.07 Å². The average molecular weight is 365 g/mol. The number of hydrogen-bond acceptors (Lipinski definition) is 2. The van der Waals surface area contributed by atoms with E-state index in [1.54, 1.807) is 31.2 Å². The molecule has 0 aliphatic carbocycles. The van der Waals surface area contributed by atoms with Crippen molar-refractivity contribution in [3.8, 4) is 5.75 Å². The van der Waals surface area contributed by atoms with E-state index in [0.29, 0.717) is 24.6 Å². The van der Waals surface area contributed by atoms with Crippen molar-refractivity contribution in [3.05, 3.63) is 65.2 Å². The largest absolute Gasteiger partial charge is 0.508 e. The minimum Gasteiger partial charge on any atom is -0.508 e. The van der Waals surface area contributed by atoms with Gasteiger partial charge in [0, 0.05) is 6.54 Å². The molecule has 0 heterocycles. The lowest BCUT2D eigenvalue weighted by atomic mass is 10.1. The van der Waals surface area contributed by atoms with E-state index in [4.69, 9.17) is 0 Å². The molecule has 0 aliphatic heterocycles. The number of halogens is 3. The van der Waals surface area contributed by atoms with E-state index in [1.807, 2.05) is 13.0 Å². The van der Waals surface area contributed by atoms with E-state index in [2.05, 4.69) is 15.6 Å². The van der Waals surface area contributed by atoms with Crippen LogP contribution in [0, 0.1) is 0 Å². The maximum Gasteiger partial charge on any atom is 0.416 e. The van der Waals surface area contributed by atoms with Gasteiger partial charge in [-0.15, -0.1) is 0 Å². The molecule has 0 fully saturated rings. The molecule has 140 valence electrons. The maximum atomic E-state index is 12.9. The van der Waals surface area contributed by atoms with Gasteiger partial charge >= 0.3 is 6.18 Å². The monoisotopic (exact) mass is 365 g/mol. The minimum atomic E-state index is -4.37. The number of benzene rings is 2. The molecule has 2 aromatic rings. The van der Waals surface area contributed by atoms with Crippen LogP contribution in [0.2, 0.25) is 0 Å². The normalized spacial score (nSPS) is 13.3. The number of aromatic hydroxyl groups is 1. The van der Waals surface area contributed by atoms with Gasteiger partial charge in [0.05, 0.1) is 18.2 Å². The molecule has 1 atom stereocenters. The van der Waals surface area contributed by atoms with Crippen LogP contribution in [0.1, 0.15) is 36.6 Å². The van der Waals surface area contributed by atoms with Crippen LogP contribution < -0.4 is 10.6 Å².